The molecule has 90 valence electrons. The number of hydrogen-bond acceptors (Lipinski definition) is 3. The molecule has 0 aromatic rings. The molecule has 0 bridgehead atoms. The van der Waals surface area contributed by atoms with Gasteiger partial charge in [0.05, 0.1) is 13.2 Å². The molecule has 0 atom stereocenters. The van der Waals surface area contributed by atoms with Gasteiger partial charge in [-0.3, -0.25) is 4.79 Å². The van der Waals surface area contributed by atoms with Gasteiger partial charge < -0.3 is 9.47 Å². The first kappa shape index (κ1) is 14.4. The molecule has 3 nitrogen and oxygen atoms in total. The van der Waals surface area contributed by atoms with Gasteiger partial charge in [-0.05, 0) is 6.42 Å². The third-order valence-corrected chi connectivity index (χ3v) is 1.61. The number of rotatable bonds is 8. The van der Waals surface area contributed by atoms with Gasteiger partial charge in [-0.2, -0.15) is 13.2 Å². The van der Waals surface area contributed by atoms with E-state index in [1.165, 1.54) is 7.11 Å². The molecule has 0 radical (unpaired) electrons. The van der Waals surface area contributed by atoms with Crippen LogP contribution >= 0.6 is 0 Å². The van der Waals surface area contributed by atoms with Crippen LogP contribution in [0.5, 0.6) is 0 Å². The van der Waals surface area contributed by atoms with Gasteiger partial charge in [-0.15, -0.1) is 0 Å². The number of Topliss-reactive ketones (excluding diaryl/α,β-unsaturated/α-hetero) is 1. The normalized spacial score (nSPS) is 11.7. The minimum atomic E-state index is -4.18. The molecule has 0 unspecified atom stereocenters. The first-order valence-electron chi connectivity index (χ1n) is 4.61. The summed E-state index contributed by atoms with van der Waals surface area (Å²) in [7, 11) is 1.49. The second kappa shape index (κ2) is 7.64. The average Bonchev–Trinajstić information content (AvgIpc) is 2.10. The lowest BCUT2D eigenvalue weighted by atomic mass is 10.2. The van der Waals surface area contributed by atoms with Crippen molar-refractivity contribution in [3.63, 3.8) is 0 Å². The van der Waals surface area contributed by atoms with E-state index in [0.29, 0.717) is 6.61 Å². The fourth-order valence-corrected chi connectivity index (χ4v) is 0.886. The van der Waals surface area contributed by atoms with E-state index in [1.54, 1.807) is 0 Å². The number of carbonyl (C=O) groups is 1. The lowest BCUT2D eigenvalue weighted by molar-refractivity contribution is -0.137. The van der Waals surface area contributed by atoms with Crippen LogP contribution < -0.4 is 0 Å². The molecule has 0 spiro atoms. The fourth-order valence-electron chi connectivity index (χ4n) is 0.886. The van der Waals surface area contributed by atoms with Crippen LogP contribution in [0.1, 0.15) is 19.3 Å². The van der Waals surface area contributed by atoms with E-state index in [1.807, 2.05) is 0 Å². The van der Waals surface area contributed by atoms with Crippen LogP contribution in [0.25, 0.3) is 0 Å². The average molecular weight is 228 g/mol. The number of methoxy groups -OCH3 is 1. The molecule has 6 heteroatoms. The van der Waals surface area contributed by atoms with Crippen LogP contribution in [0.15, 0.2) is 0 Å². The Hall–Kier alpha value is -0.620. The minimum absolute atomic E-state index is 0.0908. The Morgan fingerprint density at radius 2 is 1.93 bits per heavy atom. The van der Waals surface area contributed by atoms with Crippen molar-refractivity contribution in [1.29, 1.82) is 0 Å². The van der Waals surface area contributed by atoms with Crippen molar-refractivity contribution in [3.05, 3.63) is 0 Å². The Kier molecular flexibility index (Phi) is 7.33. The highest BCUT2D eigenvalue weighted by molar-refractivity contribution is 5.79. The molecule has 0 aromatic carbocycles. The van der Waals surface area contributed by atoms with Gasteiger partial charge in [0.1, 0.15) is 6.61 Å². The van der Waals surface area contributed by atoms with Crippen LogP contribution in [0.2, 0.25) is 0 Å². The Labute approximate surface area is 86.5 Å². The van der Waals surface area contributed by atoms with Crippen LogP contribution in [-0.4, -0.2) is 38.9 Å². The molecule has 0 aromatic heterocycles. The first-order valence-corrected chi connectivity index (χ1v) is 4.61. The smallest absolute Gasteiger partial charge is 0.382 e. The Morgan fingerprint density at radius 3 is 2.47 bits per heavy atom. The fraction of sp³-hybridized carbons (Fsp3) is 0.889. The van der Waals surface area contributed by atoms with Gasteiger partial charge in [-0.1, -0.05) is 0 Å². The Bertz CT molecular complexity index is 180. The van der Waals surface area contributed by atoms with Gasteiger partial charge in [0, 0.05) is 20.0 Å². The SMILES string of the molecule is COCCOCC(=O)CCCC(F)(F)F. The zero-order valence-electron chi connectivity index (χ0n) is 8.60. The molecule has 0 heterocycles. The summed E-state index contributed by atoms with van der Waals surface area (Å²) in [6.07, 6.45) is -5.36. The number of ether oxygens (including phenoxy) is 2. The van der Waals surface area contributed by atoms with Gasteiger partial charge in [0.25, 0.3) is 0 Å². The number of halogens is 3. The molecule has 0 saturated carbocycles. The van der Waals surface area contributed by atoms with Crippen molar-refractivity contribution in [2.45, 2.75) is 25.4 Å². The molecule has 0 fully saturated rings. The molecule has 0 aliphatic heterocycles. The minimum Gasteiger partial charge on any atom is -0.382 e. The van der Waals surface area contributed by atoms with Crippen molar-refractivity contribution in [3.8, 4) is 0 Å². The number of hydrogen-bond donors (Lipinski definition) is 0. The Morgan fingerprint density at radius 1 is 1.27 bits per heavy atom. The summed E-state index contributed by atoms with van der Waals surface area (Å²) < 4.78 is 44.6. The monoisotopic (exact) mass is 228 g/mol. The molecule has 0 amide bonds. The van der Waals surface area contributed by atoms with Gasteiger partial charge in [0.2, 0.25) is 0 Å². The lowest BCUT2D eigenvalue weighted by Gasteiger charge is -2.05. The van der Waals surface area contributed by atoms with Crippen molar-refractivity contribution in [1.82, 2.24) is 0 Å². The highest BCUT2D eigenvalue weighted by Crippen LogP contribution is 2.22. The first-order chi connectivity index (χ1) is 6.95. The molecule has 0 saturated heterocycles. The molecule has 0 aliphatic rings. The molecular weight excluding hydrogens is 213 g/mol. The Balaban J connectivity index is 3.34. The standard InChI is InChI=1S/C9H15F3O3/c1-14-5-6-15-7-8(13)3-2-4-9(10,11)12/h2-7H2,1H3. The number of carbonyl (C=O) groups excluding carboxylic acids is 1. The third-order valence-electron chi connectivity index (χ3n) is 1.61. The quantitative estimate of drug-likeness (QED) is 0.596. The summed E-state index contributed by atoms with van der Waals surface area (Å²) in [6.45, 7) is 0.512. The summed E-state index contributed by atoms with van der Waals surface area (Å²) in [5.41, 5.74) is 0. The van der Waals surface area contributed by atoms with Gasteiger partial charge in [-0.25, -0.2) is 0 Å². The summed E-state index contributed by atoms with van der Waals surface area (Å²) in [5, 5.41) is 0. The molecular formula is C9H15F3O3. The van der Waals surface area contributed by atoms with E-state index in [2.05, 4.69) is 4.74 Å². The van der Waals surface area contributed by atoms with Crippen molar-refractivity contribution < 1.29 is 27.4 Å². The second-order valence-electron chi connectivity index (χ2n) is 3.05. The lowest BCUT2D eigenvalue weighted by Crippen LogP contribution is -2.13. The largest absolute Gasteiger partial charge is 0.389 e. The zero-order valence-corrected chi connectivity index (χ0v) is 8.60. The van der Waals surface area contributed by atoms with E-state index >= 15 is 0 Å². The summed E-state index contributed by atoms with van der Waals surface area (Å²) in [6, 6.07) is 0. The maximum absolute atomic E-state index is 11.7. The molecule has 0 rings (SSSR count). The number of alkyl halides is 3. The van der Waals surface area contributed by atoms with Crippen LogP contribution in [0.3, 0.4) is 0 Å². The topological polar surface area (TPSA) is 35.5 Å². The zero-order chi connectivity index (χ0) is 11.7. The maximum atomic E-state index is 11.7. The van der Waals surface area contributed by atoms with E-state index in [0.717, 1.165) is 0 Å². The maximum Gasteiger partial charge on any atom is 0.389 e. The molecule has 0 N–H and O–H groups in total. The number of ketones is 1. The van der Waals surface area contributed by atoms with Crippen molar-refractivity contribution >= 4 is 5.78 Å². The summed E-state index contributed by atoms with van der Waals surface area (Å²) in [5.74, 6) is -0.310. The van der Waals surface area contributed by atoms with E-state index in [-0.39, 0.29) is 31.8 Å². The van der Waals surface area contributed by atoms with E-state index in [4.69, 9.17) is 4.74 Å². The second-order valence-corrected chi connectivity index (χ2v) is 3.05. The predicted molar refractivity (Wildman–Crippen MR) is 47.6 cm³/mol. The van der Waals surface area contributed by atoms with Gasteiger partial charge in [0.15, 0.2) is 5.78 Å². The molecule has 15 heavy (non-hydrogen) atoms. The summed E-state index contributed by atoms with van der Waals surface area (Å²) >= 11 is 0. The van der Waals surface area contributed by atoms with Crippen LogP contribution in [0, 0.1) is 0 Å². The highest BCUT2D eigenvalue weighted by atomic mass is 19.4. The van der Waals surface area contributed by atoms with E-state index in [9.17, 15) is 18.0 Å². The van der Waals surface area contributed by atoms with E-state index < -0.39 is 12.6 Å². The van der Waals surface area contributed by atoms with Crippen LogP contribution in [-0.2, 0) is 14.3 Å². The summed E-state index contributed by atoms with van der Waals surface area (Å²) in [4.78, 5) is 11.0. The van der Waals surface area contributed by atoms with Crippen molar-refractivity contribution in [2.24, 2.45) is 0 Å². The highest BCUT2D eigenvalue weighted by Gasteiger charge is 2.26. The van der Waals surface area contributed by atoms with Crippen molar-refractivity contribution in [2.75, 3.05) is 26.9 Å². The van der Waals surface area contributed by atoms with Gasteiger partial charge >= 0.3 is 6.18 Å². The van der Waals surface area contributed by atoms with Crippen LogP contribution in [0.4, 0.5) is 13.2 Å². The predicted octanol–water partition coefficient (Wildman–Crippen LogP) is 1.95. The molecule has 0 aliphatic carbocycles. The third kappa shape index (κ3) is 11.3.